The largest absolute Gasteiger partial charge is 0.490 e. The number of rotatable bonds is 7. The lowest BCUT2D eigenvalue weighted by molar-refractivity contribution is -0.210. The van der Waals surface area contributed by atoms with Crippen LogP contribution in [0.1, 0.15) is 18.2 Å². The van der Waals surface area contributed by atoms with E-state index in [1.165, 1.54) is 12.1 Å². The zero-order valence-electron chi connectivity index (χ0n) is 14.2. The van der Waals surface area contributed by atoms with Crippen molar-refractivity contribution in [1.82, 2.24) is 10.2 Å². The maximum atomic E-state index is 12.5. The number of benzene rings is 1. The fraction of sp³-hybridized carbons (Fsp3) is 0.353. The van der Waals surface area contributed by atoms with Gasteiger partial charge in [0.1, 0.15) is 18.4 Å². The Morgan fingerprint density at radius 3 is 2.59 bits per heavy atom. The summed E-state index contributed by atoms with van der Waals surface area (Å²) < 4.78 is 43.4. The Bertz CT molecular complexity index is 809. The highest BCUT2D eigenvalue weighted by molar-refractivity contribution is 9.10. The number of alkyl halides is 3. The van der Waals surface area contributed by atoms with Gasteiger partial charge in [-0.1, -0.05) is 15.9 Å². The van der Waals surface area contributed by atoms with Crippen LogP contribution in [0.5, 0.6) is 5.75 Å². The Kier molecular flexibility index (Phi) is 6.98. The Balaban J connectivity index is 2.20. The Morgan fingerprint density at radius 2 is 2.04 bits per heavy atom. The summed E-state index contributed by atoms with van der Waals surface area (Å²) in [5, 5.41) is 25.7. The van der Waals surface area contributed by atoms with Gasteiger partial charge in [-0.3, -0.25) is 0 Å². The Hall–Kier alpha value is -2.38. The van der Waals surface area contributed by atoms with Crippen LogP contribution in [0, 0.1) is 11.3 Å². The summed E-state index contributed by atoms with van der Waals surface area (Å²) in [6.07, 6.45) is -7.32. The van der Waals surface area contributed by atoms with Crippen LogP contribution in [-0.4, -0.2) is 40.7 Å². The van der Waals surface area contributed by atoms with E-state index in [1.54, 1.807) is 18.2 Å². The zero-order valence-corrected chi connectivity index (χ0v) is 15.8. The fourth-order valence-electron chi connectivity index (χ4n) is 2.19. The number of hydrogen-bond donors (Lipinski definition) is 1. The first kappa shape index (κ1) is 20.9. The molecule has 1 aromatic carbocycles. The SMILES string of the molecule is CCN(Cc1cc(Br)ccc1OCC(O)C(F)(F)F)c1ccc(C#N)nn1. The third-order valence-electron chi connectivity index (χ3n) is 3.63. The van der Waals surface area contributed by atoms with E-state index in [0.29, 0.717) is 17.9 Å². The van der Waals surface area contributed by atoms with Gasteiger partial charge in [0.2, 0.25) is 0 Å². The van der Waals surface area contributed by atoms with Gasteiger partial charge in [0, 0.05) is 23.1 Å². The van der Waals surface area contributed by atoms with E-state index >= 15 is 0 Å². The maximum Gasteiger partial charge on any atom is 0.417 e. The van der Waals surface area contributed by atoms with E-state index in [4.69, 9.17) is 15.1 Å². The van der Waals surface area contributed by atoms with E-state index < -0.39 is 18.9 Å². The molecule has 0 aliphatic carbocycles. The molecule has 10 heteroatoms. The van der Waals surface area contributed by atoms with E-state index in [-0.39, 0.29) is 18.0 Å². The standard InChI is InChI=1S/C17H16BrF3N4O2/c1-2-25(16-6-4-13(8-22)23-24-16)9-11-7-12(18)3-5-14(11)27-10-15(26)17(19,20)21/h3-7,15,26H,2,9-10H2,1H3. The summed E-state index contributed by atoms with van der Waals surface area (Å²) in [4.78, 5) is 1.82. The van der Waals surface area contributed by atoms with Crippen molar-refractivity contribution < 1.29 is 23.0 Å². The molecule has 0 aliphatic rings. The predicted octanol–water partition coefficient (Wildman–Crippen LogP) is 3.44. The van der Waals surface area contributed by atoms with Crippen LogP contribution in [0.3, 0.4) is 0 Å². The average Bonchev–Trinajstić information content (AvgIpc) is 2.64. The molecular formula is C17H16BrF3N4O2. The minimum atomic E-state index is -4.75. The van der Waals surface area contributed by atoms with Gasteiger partial charge in [0.05, 0.1) is 0 Å². The lowest BCUT2D eigenvalue weighted by Gasteiger charge is -2.23. The number of ether oxygens (including phenoxy) is 1. The molecule has 144 valence electrons. The van der Waals surface area contributed by atoms with Crippen LogP contribution in [0.25, 0.3) is 0 Å². The Morgan fingerprint density at radius 1 is 1.30 bits per heavy atom. The Labute approximate surface area is 162 Å². The van der Waals surface area contributed by atoms with Crippen molar-refractivity contribution in [2.24, 2.45) is 0 Å². The molecule has 0 fully saturated rings. The molecule has 6 nitrogen and oxygen atoms in total. The lowest BCUT2D eigenvalue weighted by atomic mass is 10.2. The van der Waals surface area contributed by atoms with Gasteiger partial charge in [-0.25, -0.2) is 0 Å². The molecule has 0 bridgehead atoms. The number of nitriles is 1. The molecule has 1 aromatic heterocycles. The maximum absolute atomic E-state index is 12.5. The van der Waals surface area contributed by atoms with Gasteiger partial charge >= 0.3 is 6.18 Å². The summed E-state index contributed by atoms with van der Waals surface area (Å²) in [5.74, 6) is 0.735. The molecule has 27 heavy (non-hydrogen) atoms. The number of halogens is 4. The lowest BCUT2D eigenvalue weighted by Crippen LogP contribution is -2.34. The van der Waals surface area contributed by atoms with Crippen molar-refractivity contribution in [3.05, 3.63) is 46.1 Å². The van der Waals surface area contributed by atoms with Gasteiger partial charge in [-0.15, -0.1) is 10.2 Å². The summed E-state index contributed by atoms with van der Waals surface area (Å²) >= 11 is 3.33. The molecule has 0 amide bonds. The molecular weight excluding hydrogens is 429 g/mol. The third-order valence-corrected chi connectivity index (χ3v) is 4.12. The number of hydrogen-bond acceptors (Lipinski definition) is 6. The van der Waals surface area contributed by atoms with Crippen LogP contribution in [0.2, 0.25) is 0 Å². The summed E-state index contributed by atoms with van der Waals surface area (Å²) in [7, 11) is 0. The molecule has 0 spiro atoms. The number of nitrogens with zero attached hydrogens (tertiary/aromatic N) is 4. The van der Waals surface area contributed by atoms with Gasteiger partial charge in [0.15, 0.2) is 17.6 Å². The van der Waals surface area contributed by atoms with Gasteiger partial charge in [0.25, 0.3) is 0 Å². The molecule has 0 radical (unpaired) electrons. The normalized spacial score (nSPS) is 12.3. The summed E-state index contributed by atoms with van der Waals surface area (Å²) in [5.41, 5.74) is 0.786. The molecule has 1 heterocycles. The third kappa shape index (κ3) is 5.80. The van der Waals surface area contributed by atoms with E-state index in [2.05, 4.69) is 26.1 Å². The van der Waals surface area contributed by atoms with Crippen molar-refractivity contribution >= 4 is 21.7 Å². The van der Waals surface area contributed by atoms with Gasteiger partial charge in [-0.05, 0) is 37.3 Å². The molecule has 1 N–H and O–H groups in total. The van der Waals surface area contributed by atoms with Gasteiger partial charge in [-0.2, -0.15) is 18.4 Å². The van der Waals surface area contributed by atoms with E-state index in [9.17, 15) is 13.2 Å². The molecule has 2 rings (SSSR count). The highest BCUT2D eigenvalue weighted by Crippen LogP contribution is 2.27. The molecule has 0 saturated heterocycles. The van der Waals surface area contributed by atoms with Crippen molar-refractivity contribution in [2.75, 3.05) is 18.1 Å². The fourth-order valence-corrected chi connectivity index (χ4v) is 2.60. The molecule has 1 atom stereocenters. The first-order chi connectivity index (χ1) is 12.7. The molecule has 0 saturated carbocycles. The van der Waals surface area contributed by atoms with E-state index in [1.807, 2.05) is 17.9 Å². The first-order valence-corrected chi connectivity index (χ1v) is 8.68. The topological polar surface area (TPSA) is 82.3 Å². The van der Waals surface area contributed by atoms with Crippen LogP contribution < -0.4 is 9.64 Å². The predicted molar refractivity (Wildman–Crippen MR) is 95.2 cm³/mol. The monoisotopic (exact) mass is 444 g/mol. The van der Waals surface area contributed by atoms with Crippen molar-refractivity contribution in [3.8, 4) is 11.8 Å². The highest BCUT2D eigenvalue weighted by atomic mass is 79.9. The number of anilines is 1. The smallest absolute Gasteiger partial charge is 0.417 e. The second-order valence-electron chi connectivity index (χ2n) is 5.52. The zero-order chi connectivity index (χ0) is 20.0. The minimum absolute atomic E-state index is 0.183. The van der Waals surface area contributed by atoms with Crippen LogP contribution in [0.4, 0.5) is 19.0 Å². The number of aliphatic hydroxyl groups is 1. The quantitative estimate of drug-likeness (QED) is 0.704. The second kappa shape index (κ2) is 9.01. The number of aromatic nitrogens is 2. The van der Waals surface area contributed by atoms with Crippen molar-refractivity contribution in [2.45, 2.75) is 25.7 Å². The summed E-state index contributed by atoms with van der Waals surface area (Å²) in [6, 6.07) is 9.93. The average molecular weight is 445 g/mol. The molecule has 0 aliphatic heterocycles. The van der Waals surface area contributed by atoms with Crippen LogP contribution in [0.15, 0.2) is 34.8 Å². The first-order valence-electron chi connectivity index (χ1n) is 7.89. The number of aliphatic hydroxyl groups excluding tert-OH is 1. The van der Waals surface area contributed by atoms with Crippen molar-refractivity contribution in [3.63, 3.8) is 0 Å². The second-order valence-corrected chi connectivity index (χ2v) is 6.44. The van der Waals surface area contributed by atoms with Crippen LogP contribution >= 0.6 is 15.9 Å². The van der Waals surface area contributed by atoms with E-state index in [0.717, 1.165) is 4.47 Å². The summed E-state index contributed by atoms with van der Waals surface area (Å²) in [6.45, 7) is 1.80. The minimum Gasteiger partial charge on any atom is -0.490 e. The van der Waals surface area contributed by atoms with Gasteiger partial charge < -0.3 is 14.7 Å². The molecule has 1 unspecified atom stereocenters. The highest BCUT2D eigenvalue weighted by Gasteiger charge is 2.38. The molecule has 2 aromatic rings. The van der Waals surface area contributed by atoms with Crippen LogP contribution in [-0.2, 0) is 6.54 Å². The van der Waals surface area contributed by atoms with Crippen molar-refractivity contribution in [1.29, 1.82) is 5.26 Å².